The number of aromatic nitrogens is 2. The van der Waals surface area contributed by atoms with Crippen LogP contribution in [0.15, 0.2) is 60.8 Å². The Bertz CT molecular complexity index is 829. The molecule has 4 rings (SSSR count). The van der Waals surface area contributed by atoms with E-state index in [0.29, 0.717) is 0 Å². The fourth-order valence-electron chi connectivity index (χ4n) is 2.88. The SMILES string of the molecule is Cc1ccc(CN2C=Cc3nc(-c4ccccc4)[nH]c3C2)cc1. The summed E-state index contributed by atoms with van der Waals surface area (Å²) in [6.45, 7) is 3.89. The first kappa shape index (κ1) is 13.8. The van der Waals surface area contributed by atoms with Crippen LogP contribution in [-0.2, 0) is 13.1 Å². The summed E-state index contributed by atoms with van der Waals surface area (Å²) in [5, 5.41) is 0. The van der Waals surface area contributed by atoms with Crippen LogP contribution in [-0.4, -0.2) is 14.9 Å². The molecule has 0 fully saturated rings. The van der Waals surface area contributed by atoms with Crippen molar-refractivity contribution >= 4 is 6.08 Å². The number of imidazole rings is 1. The second-order valence-electron chi connectivity index (χ2n) is 6.02. The Kier molecular flexibility index (Phi) is 3.46. The molecular weight excluding hydrogens is 282 g/mol. The Morgan fingerprint density at radius 3 is 2.61 bits per heavy atom. The van der Waals surface area contributed by atoms with Crippen molar-refractivity contribution in [2.45, 2.75) is 20.0 Å². The Morgan fingerprint density at radius 2 is 1.83 bits per heavy atom. The van der Waals surface area contributed by atoms with Gasteiger partial charge in [-0.2, -0.15) is 0 Å². The zero-order chi connectivity index (χ0) is 15.6. The van der Waals surface area contributed by atoms with Crippen LogP contribution in [0, 0.1) is 6.92 Å². The van der Waals surface area contributed by atoms with Crippen LogP contribution < -0.4 is 0 Å². The van der Waals surface area contributed by atoms with Crippen LogP contribution >= 0.6 is 0 Å². The molecule has 3 nitrogen and oxygen atoms in total. The minimum atomic E-state index is 0.861. The number of aryl methyl sites for hydroxylation is 1. The molecule has 0 amide bonds. The highest BCUT2D eigenvalue weighted by molar-refractivity contribution is 5.60. The van der Waals surface area contributed by atoms with Crippen LogP contribution in [0.5, 0.6) is 0 Å². The number of benzene rings is 2. The number of nitrogens with one attached hydrogen (secondary N) is 1. The quantitative estimate of drug-likeness (QED) is 0.779. The van der Waals surface area contributed by atoms with Crippen molar-refractivity contribution in [2.24, 2.45) is 0 Å². The molecule has 3 heteroatoms. The van der Waals surface area contributed by atoms with E-state index in [4.69, 9.17) is 4.98 Å². The number of hydrogen-bond acceptors (Lipinski definition) is 2. The molecule has 0 saturated heterocycles. The molecule has 1 aliphatic rings. The van der Waals surface area contributed by atoms with E-state index in [0.717, 1.165) is 30.2 Å². The van der Waals surface area contributed by atoms with Crippen molar-refractivity contribution in [2.75, 3.05) is 0 Å². The first-order chi connectivity index (χ1) is 11.3. The molecule has 1 aliphatic heterocycles. The number of nitrogens with zero attached hydrogens (tertiary/aromatic N) is 2. The topological polar surface area (TPSA) is 31.9 Å². The van der Waals surface area contributed by atoms with Gasteiger partial charge in [-0.15, -0.1) is 0 Å². The van der Waals surface area contributed by atoms with Gasteiger partial charge in [0.2, 0.25) is 0 Å². The Labute approximate surface area is 136 Å². The molecule has 0 radical (unpaired) electrons. The van der Waals surface area contributed by atoms with Gasteiger partial charge in [-0.1, -0.05) is 60.2 Å². The number of aromatic amines is 1. The lowest BCUT2D eigenvalue weighted by Crippen LogP contribution is -2.19. The van der Waals surface area contributed by atoms with Gasteiger partial charge in [0.15, 0.2) is 0 Å². The maximum atomic E-state index is 4.71. The van der Waals surface area contributed by atoms with Crippen LogP contribution in [0.25, 0.3) is 17.5 Å². The third kappa shape index (κ3) is 2.90. The highest BCUT2D eigenvalue weighted by Gasteiger charge is 2.16. The van der Waals surface area contributed by atoms with E-state index < -0.39 is 0 Å². The lowest BCUT2D eigenvalue weighted by molar-refractivity contribution is 0.355. The largest absolute Gasteiger partial charge is 0.367 e. The molecule has 0 bridgehead atoms. The lowest BCUT2D eigenvalue weighted by Gasteiger charge is -2.23. The molecule has 1 aromatic heterocycles. The van der Waals surface area contributed by atoms with E-state index in [1.54, 1.807) is 0 Å². The average molecular weight is 301 g/mol. The number of H-pyrrole nitrogens is 1. The van der Waals surface area contributed by atoms with E-state index in [2.05, 4.69) is 65.5 Å². The molecule has 114 valence electrons. The minimum absolute atomic E-state index is 0.861. The highest BCUT2D eigenvalue weighted by atomic mass is 15.1. The van der Waals surface area contributed by atoms with E-state index in [9.17, 15) is 0 Å². The fraction of sp³-hybridized carbons (Fsp3) is 0.150. The van der Waals surface area contributed by atoms with E-state index in [-0.39, 0.29) is 0 Å². The third-order valence-electron chi connectivity index (χ3n) is 4.17. The Morgan fingerprint density at radius 1 is 1.04 bits per heavy atom. The van der Waals surface area contributed by atoms with Crippen LogP contribution in [0.1, 0.15) is 22.5 Å². The molecule has 0 atom stereocenters. The zero-order valence-electron chi connectivity index (χ0n) is 13.2. The molecule has 0 aliphatic carbocycles. The fourth-order valence-corrected chi connectivity index (χ4v) is 2.88. The molecular formula is C20H19N3. The van der Waals surface area contributed by atoms with Gasteiger partial charge in [-0.05, 0) is 18.6 Å². The summed E-state index contributed by atoms with van der Waals surface area (Å²) in [5.74, 6) is 0.942. The number of fused-ring (bicyclic) bond motifs is 1. The summed E-state index contributed by atoms with van der Waals surface area (Å²) < 4.78 is 0. The van der Waals surface area contributed by atoms with Gasteiger partial charge in [0.1, 0.15) is 5.82 Å². The van der Waals surface area contributed by atoms with Gasteiger partial charge in [-0.3, -0.25) is 0 Å². The highest BCUT2D eigenvalue weighted by Crippen LogP contribution is 2.24. The maximum absolute atomic E-state index is 4.71. The van der Waals surface area contributed by atoms with Crippen LogP contribution in [0.4, 0.5) is 0 Å². The maximum Gasteiger partial charge on any atom is 0.138 e. The van der Waals surface area contributed by atoms with Gasteiger partial charge in [-0.25, -0.2) is 4.98 Å². The number of rotatable bonds is 3. The third-order valence-corrected chi connectivity index (χ3v) is 4.17. The lowest BCUT2D eigenvalue weighted by atomic mass is 10.1. The van der Waals surface area contributed by atoms with Crippen molar-refractivity contribution in [1.82, 2.24) is 14.9 Å². The summed E-state index contributed by atoms with van der Waals surface area (Å²) in [5.41, 5.74) is 5.97. The van der Waals surface area contributed by atoms with Gasteiger partial charge in [0.05, 0.1) is 17.9 Å². The molecule has 23 heavy (non-hydrogen) atoms. The summed E-state index contributed by atoms with van der Waals surface area (Å²) in [6.07, 6.45) is 4.23. The average Bonchev–Trinajstić information content (AvgIpc) is 3.01. The smallest absolute Gasteiger partial charge is 0.138 e. The van der Waals surface area contributed by atoms with Crippen LogP contribution in [0.2, 0.25) is 0 Å². The van der Waals surface area contributed by atoms with E-state index >= 15 is 0 Å². The Balaban J connectivity index is 1.53. The molecule has 0 spiro atoms. The summed E-state index contributed by atoms with van der Waals surface area (Å²) >= 11 is 0. The van der Waals surface area contributed by atoms with Gasteiger partial charge < -0.3 is 9.88 Å². The van der Waals surface area contributed by atoms with E-state index in [1.807, 2.05) is 18.2 Å². The molecule has 0 unspecified atom stereocenters. The van der Waals surface area contributed by atoms with Gasteiger partial charge in [0.25, 0.3) is 0 Å². The minimum Gasteiger partial charge on any atom is -0.367 e. The van der Waals surface area contributed by atoms with Crippen LogP contribution in [0.3, 0.4) is 0 Å². The molecule has 2 heterocycles. The predicted octanol–water partition coefficient (Wildman–Crippen LogP) is 4.37. The van der Waals surface area contributed by atoms with Crippen molar-refractivity contribution in [3.05, 3.63) is 83.3 Å². The van der Waals surface area contributed by atoms with Crippen molar-refractivity contribution in [3.63, 3.8) is 0 Å². The standard InChI is InChI=1S/C20H19N3/c1-15-7-9-16(10-8-15)13-23-12-11-18-19(14-23)22-20(21-18)17-5-3-2-4-6-17/h2-12H,13-14H2,1H3,(H,21,22). The zero-order valence-corrected chi connectivity index (χ0v) is 13.2. The van der Waals surface area contributed by atoms with Gasteiger partial charge in [0, 0.05) is 18.3 Å². The predicted molar refractivity (Wildman–Crippen MR) is 93.5 cm³/mol. The van der Waals surface area contributed by atoms with Gasteiger partial charge >= 0.3 is 0 Å². The monoisotopic (exact) mass is 301 g/mol. The molecule has 0 saturated carbocycles. The summed E-state index contributed by atoms with van der Waals surface area (Å²) in [6, 6.07) is 19.0. The second kappa shape index (κ2) is 5.76. The van der Waals surface area contributed by atoms with Crippen molar-refractivity contribution in [3.8, 4) is 11.4 Å². The normalized spacial score (nSPS) is 13.2. The molecule has 1 N–H and O–H groups in total. The van der Waals surface area contributed by atoms with Crippen molar-refractivity contribution < 1.29 is 0 Å². The Hall–Kier alpha value is -2.81. The number of hydrogen-bond donors (Lipinski definition) is 1. The molecule has 3 aromatic rings. The summed E-state index contributed by atoms with van der Waals surface area (Å²) in [7, 11) is 0. The first-order valence-corrected chi connectivity index (χ1v) is 7.90. The van der Waals surface area contributed by atoms with E-state index in [1.165, 1.54) is 16.8 Å². The second-order valence-corrected chi connectivity index (χ2v) is 6.02. The molecule has 2 aromatic carbocycles. The first-order valence-electron chi connectivity index (χ1n) is 7.90. The summed E-state index contributed by atoms with van der Waals surface area (Å²) in [4.78, 5) is 10.5. The van der Waals surface area contributed by atoms with Crippen molar-refractivity contribution in [1.29, 1.82) is 0 Å².